The molecule has 1 amide bonds. The molecular weight excluding hydrogens is 330 g/mol. The molecule has 1 aliphatic carbocycles. The number of carbonyl (C=O) groups is 2. The maximum Gasteiger partial charge on any atom is 0.338 e. The van der Waals surface area contributed by atoms with Crippen molar-refractivity contribution >= 4 is 21.7 Å². The first kappa shape index (κ1) is 17.0. The highest BCUT2D eigenvalue weighted by Crippen LogP contribution is 2.32. The normalized spacial score (nSPS) is 22.1. The summed E-state index contributed by atoms with van der Waals surface area (Å²) in [6, 6.07) is 6.73. The molecule has 1 heterocycles. The van der Waals surface area contributed by atoms with Crippen molar-refractivity contribution < 1.29 is 22.7 Å². The van der Waals surface area contributed by atoms with E-state index in [0.29, 0.717) is 12.0 Å². The van der Waals surface area contributed by atoms with Crippen LogP contribution < -0.4 is 0 Å². The quantitative estimate of drug-likeness (QED) is 0.748. The molecule has 1 saturated carbocycles. The Balaban J connectivity index is 1.60. The Hall–Kier alpha value is -1.89. The third-order valence-electron chi connectivity index (χ3n) is 4.44. The maximum atomic E-state index is 12.5. The predicted molar refractivity (Wildman–Crippen MR) is 88.4 cm³/mol. The molecule has 1 atom stereocenters. The molecule has 0 unspecified atom stereocenters. The lowest BCUT2D eigenvalue weighted by molar-refractivity contribution is -0.137. The van der Waals surface area contributed by atoms with Gasteiger partial charge in [-0.15, -0.1) is 0 Å². The van der Waals surface area contributed by atoms with E-state index in [-0.39, 0.29) is 36.1 Å². The standard InChI is InChI=1S/C17H21NO5S/c1-12-2-4-13(5-3-12)17(20)23-10-16(19)18(14-6-7-14)15-8-9-24(21,22)11-15/h2-5,14-15H,6-11H2,1H3/t15-/m0/s1. The second-order valence-corrected chi connectivity index (χ2v) is 8.76. The van der Waals surface area contributed by atoms with E-state index in [1.165, 1.54) is 0 Å². The summed E-state index contributed by atoms with van der Waals surface area (Å²) in [7, 11) is -3.06. The van der Waals surface area contributed by atoms with Crippen molar-refractivity contribution in [2.45, 2.75) is 38.3 Å². The minimum atomic E-state index is -3.06. The first-order chi connectivity index (χ1) is 11.4. The van der Waals surface area contributed by atoms with E-state index in [0.717, 1.165) is 18.4 Å². The number of hydrogen-bond acceptors (Lipinski definition) is 5. The van der Waals surface area contributed by atoms with Crippen LogP contribution in [0.25, 0.3) is 0 Å². The molecule has 0 aromatic heterocycles. The number of nitrogens with zero attached hydrogens (tertiary/aromatic N) is 1. The molecule has 1 saturated heterocycles. The van der Waals surface area contributed by atoms with Gasteiger partial charge in [0.1, 0.15) is 0 Å². The molecular formula is C17H21NO5S. The van der Waals surface area contributed by atoms with Crippen molar-refractivity contribution in [3.63, 3.8) is 0 Å². The average Bonchev–Trinajstić information content (AvgIpc) is 3.29. The van der Waals surface area contributed by atoms with Crippen molar-refractivity contribution in [2.75, 3.05) is 18.1 Å². The predicted octanol–water partition coefficient (Wildman–Crippen LogP) is 1.33. The molecule has 130 valence electrons. The second-order valence-electron chi connectivity index (χ2n) is 6.53. The van der Waals surface area contributed by atoms with Gasteiger partial charge in [-0.05, 0) is 38.3 Å². The number of carbonyl (C=O) groups excluding carboxylic acids is 2. The third-order valence-corrected chi connectivity index (χ3v) is 6.19. The number of rotatable bonds is 5. The Bertz CT molecular complexity index is 737. The van der Waals surface area contributed by atoms with E-state index in [1.807, 2.05) is 6.92 Å². The van der Waals surface area contributed by atoms with E-state index in [2.05, 4.69) is 0 Å². The van der Waals surface area contributed by atoms with Gasteiger partial charge in [-0.2, -0.15) is 0 Å². The molecule has 6 nitrogen and oxygen atoms in total. The van der Waals surface area contributed by atoms with Gasteiger partial charge in [0.25, 0.3) is 5.91 Å². The lowest BCUT2D eigenvalue weighted by atomic mass is 10.1. The summed E-state index contributed by atoms with van der Waals surface area (Å²) in [4.78, 5) is 26.1. The summed E-state index contributed by atoms with van der Waals surface area (Å²) in [6.45, 7) is 1.57. The van der Waals surface area contributed by atoms with Crippen LogP contribution in [0.5, 0.6) is 0 Å². The topological polar surface area (TPSA) is 80.8 Å². The molecule has 3 rings (SSSR count). The molecule has 2 fully saturated rings. The van der Waals surface area contributed by atoms with Gasteiger partial charge in [0.2, 0.25) is 0 Å². The maximum absolute atomic E-state index is 12.5. The van der Waals surface area contributed by atoms with Gasteiger partial charge in [-0.1, -0.05) is 17.7 Å². The smallest absolute Gasteiger partial charge is 0.338 e. The molecule has 1 aromatic carbocycles. The molecule has 1 aromatic rings. The third kappa shape index (κ3) is 3.95. The van der Waals surface area contributed by atoms with E-state index in [9.17, 15) is 18.0 Å². The zero-order valence-corrected chi connectivity index (χ0v) is 14.4. The van der Waals surface area contributed by atoms with Gasteiger partial charge in [0, 0.05) is 12.1 Å². The number of esters is 1. The number of aryl methyl sites for hydroxylation is 1. The van der Waals surface area contributed by atoms with Crippen LogP contribution in [0.3, 0.4) is 0 Å². The molecule has 24 heavy (non-hydrogen) atoms. The van der Waals surface area contributed by atoms with Crippen LogP contribution in [-0.4, -0.2) is 55.4 Å². The largest absolute Gasteiger partial charge is 0.452 e. The summed E-state index contributed by atoms with van der Waals surface area (Å²) in [5, 5.41) is 0. The molecule has 2 aliphatic rings. The summed E-state index contributed by atoms with van der Waals surface area (Å²) in [6.07, 6.45) is 2.23. The molecule has 1 aliphatic heterocycles. The zero-order valence-electron chi connectivity index (χ0n) is 13.6. The van der Waals surface area contributed by atoms with Crippen LogP contribution in [0.1, 0.15) is 35.2 Å². The lowest BCUT2D eigenvalue weighted by Gasteiger charge is -2.28. The van der Waals surface area contributed by atoms with Crippen LogP contribution in [0.15, 0.2) is 24.3 Å². The Morgan fingerprint density at radius 1 is 1.12 bits per heavy atom. The highest BCUT2D eigenvalue weighted by molar-refractivity contribution is 7.91. The van der Waals surface area contributed by atoms with Gasteiger partial charge in [-0.3, -0.25) is 4.79 Å². The van der Waals surface area contributed by atoms with Crippen molar-refractivity contribution in [2.24, 2.45) is 0 Å². The Morgan fingerprint density at radius 3 is 2.33 bits per heavy atom. The van der Waals surface area contributed by atoms with Crippen LogP contribution in [0.2, 0.25) is 0 Å². The summed E-state index contributed by atoms with van der Waals surface area (Å²) < 4.78 is 28.5. The van der Waals surface area contributed by atoms with E-state index in [1.54, 1.807) is 29.2 Å². The number of benzene rings is 1. The van der Waals surface area contributed by atoms with Crippen molar-refractivity contribution in [3.8, 4) is 0 Å². The molecule has 0 N–H and O–H groups in total. The first-order valence-corrected chi connectivity index (χ1v) is 9.93. The highest BCUT2D eigenvalue weighted by atomic mass is 32.2. The summed E-state index contributed by atoms with van der Waals surface area (Å²) >= 11 is 0. The number of sulfone groups is 1. The van der Waals surface area contributed by atoms with Crippen molar-refractivity contribution in [1.29, 1.82) is 0 Å². The fourth-order valence-electron chi connectivity index (χ4n) is 3.03. The minimum absolute atomic E-state index is 0.0150. The fraction of sp³-hybridized carbons (Fsp3) is 0.529. The lowest BCUT2D eigenvalue weighted by Crippen LogP contribution is -2.44. The fourth-order valence-corrected chi connectivity index (χ4v) is 4.74. The Morgan fingerprint density at radius 2 is 1.79 bits per heavy atom. The summed E-state index contributed by atoms with van der Waals surface area (Å²) in [5.41, 5.74) is 1.43. The monoisotopic (exact) mass is 351 g/mol. The van der Waals surface area contributed by atoms with Crippen molar-refractivity contribution in [3.05, 3.63) is 35.4 Å². The number of hydrogen-bond donors (Lipinski definition) is 0. The van der Waals surface area contributed by atoms with Crippen LogP contribution in [-0.2, 0) is 19.4 Å². The van der Waals surface area contributed by atoms with Gasteiger partial charge >= 0.3 is 5.97 Å². The number of amides is 1. The van der Waals surface area contributed by atoms with Crippen molar-refractivity contribution in [1.82, 2.24) is 4.90 Å². The molecule has 0 bridgehead atoms. The SMILES string of the molecule is Cc1ccc(C(=O)OCC(=O)N(C2CC2)[C@H]2CCS(=O)(=O)C2)cc1. The van der Waals surface area contributed by atoms with Crippen LogP contribution in [0.4, 0.5) is 0 Å². The van der Waals surface area contributed by atoms with Crippen LogP contribution >= 0.6 is 0 Å². The average molecular weight is 351 g/mol. The Labute approximate surface area is 141 Å². The zero-order chi connectivity index (χ0) is 17.3. The molecule has 0 radical (unpaired) electrons. The molecule has 7 heteroatoms. The van der Waals surface area contributed by atoms with E-state index >= 15 is 0 Å². The highest BCUT2D eigenvalue weighted by Gasteiger charge is 2.42. The van der Waals surface area contributed by atoms with Gasteiger partial charge in [0.05, 0.1) is 17.1 Å². The second kappa shape index (κ2) is 6.55. The minimum Gasteiger partial charge on any atom is -0.452 e. The summed E-state index contributed by atoms with van der Waals surface area (Å²) in [5.74, 6) is -0.712. The van der Waals surface area contributed by atoms with E-state index < -0.39 is 15.8 Å². The number of ether oxygens (including phenoxy) is 1. The van der Waals surface area contributed by atoms with Gasteiger partial charge in [-0.25, -0.2) is 13.2 Å². The van der Waals surface area contributed by atoms with Crippen LogP contribution in [0, 0.1) is 6.92 Å². The van der Waals surface area contributed by atoms with Gasteiger partial charge < -0.3 is 9.64 Å². The first-order valence-electron chi connectivity index (χ1n) is 8.11. The van der Waals surface area contributed by atoms with E-state index in [4.69, 9.17) is 4.74 Å². The van der Waals surface area contributed by atoms with Gasteiger partial charge in [0.15, 0.2) is 16.4 Å². The Kier molecular flexibility index (Phi) is 4.62. The molecule has 0 spiro atoms.